The molecule has 2 aliphatic rings. The number of fused-ring (bicyclic) bond motifs is 12. The van der Waals surface area contributed by atoms with Crippen LogP contribution in [-0.4, -0.2) is 6.71 Å². The Balaban J connectivity index is 0.844. The van der Waals surface area contributed by atoms with Gasteiger partial charge in [-0.3, -0.25) is 0 Å². The van der Waals surface area contributed by atoms with Crippen LogP contribution in [0.15, 0.2) is 233 Å². The van der Waals surface area contributed by atoms with Gasteiger partial charge in [0.25, 0.3) is 6.71 Å². The van der Waals surface area contributed by atoms with E-state index in [0.29, 0.717) is 0 Å². The fourth-order valence-electron chi connectivity index (χ4n) is 10.9. The summed E-state index contributed by atoms with van der Waals surface area (Å²) in [4.78, 5) is 4.57. The molecule has 2 aliphatic heterocycles. The first-order chi connectivity index (χ1) is 34.1. The van der Waals surface area contributed by atoms with Gasteiger partial charge in [-0.2, -0.15) is 0 Å². The molecule has 0 aliphatic carbocycles. The van der Waals surface area contributed by atoms with E-state index in [4.69, 9.17) is 18.3 Å². The summed E-state index contributed by atoms with van der Waals surface area (Å²) in [5, 5.41) is 8.56. The van der Waals surface area contributed by atoms with Crippen LogP contribution in [0.3, 0.4) is 0 Å². The lowest BCUT2D eigenvalue weighted by Gasteiger charge is -2.32. The molecular formula is C62H37BN2O4. The summed E-state index contributed by atoms with van der Waals surface area (Å²) >= 11 is 0. The second-order valence-corrected chi connectivity index (χ2v) is 18.1. The van der Waals surface area contributed by atoms with E-state index in [1.807, 2.05) is 18.2 Å². The number of ether oxygens (including phenoxy) is 2. The second kappa shape index (κ2) is 14.7. The topological polar surface area (TPSA) is 51.2 Å². The molecular weight excluding hydrogens is 848 g/mol. The van der Waals surface area contributed by atoms with Crippen LogP contribution in [0.5, 0.6) is 23.0 Å². The maximum absolute atomic E-state index is 6.81. The Morgan fingerprint density at radius 3 is 1.06 bits per heavy atom. The summed E-state index contributed by atoms with van der Waals surface area (Å²) in [5.74, 6) is 3.18. The molecule has 69 heavy (non-hydrogen) atoms. The minimum absolute atomic E-state index is 0.175. The van der Waals surface area contributed by atoms with Gasteiger partial charge in [0.1, 0.15) is 45.3 Å². The van der Waals surface area contributed by atoms with E-state index in [-0.39, 0.29) is 6.71 Å². The van der Waals surface area contributed by atoms with Gasteiger partial charge in [-0.1, -0.05) is 91.0 Å². The molecule has 7 heteroatoms. The average Bonchev–Trinajstić information content (AvgIpc) is 3.92. The van der Waals surface area contributed by atoms with Crippen LogP contribution in [0.25, 0.3) is 65.4 Å². The van der Waals surface area contributed by atoms with Gasteiger partial charge in [-0.05, 0) is 166 Å². The Hall–Kier alpha value is -9.20. The van der Waals surface area contributed by atoms with Gasteiger partial charge in [0.2, 0.25) is 0 Å². The monoisotopic (exact) mass is 884 g/mol. The van der Waals surface area contributed by atoms with E-state index >= 15 is 0 Å². The number of hydrogen-bond acceptors (Lipinski definition) is 6. The summed E-state index contributed by atoms with van der Waals surface area (Å²) < 4.78 is 27.2. The van der Waals surface area contributed by atoms with Gasteiger partial charge >= 0.3 is 0 Å². The molecule has 0 saturated carbocycles. The van der Waals surface area contributed by atoms with Crippen molar-refractivity contribution >= 4 is 123 Å². The third-order valence-electron chi connectivity index (χ3n) is 14.0. The fourth-order valence-corrected chi connectivity index (χ4v) is 10.9. The first kappa shape index (κ1) is 38.0. The van der Waals surface area contributed by atoms with Crippen molar-refractivity contribution in [1.29, 1.82) is 0 Å². The van der Waals surface area contributed by atoms with Crippen molar-refractivity contribution in [2.24, 2.45) is 0 Å². The molecule has 0 saturated heterocycles. The number of benzene rings is 11. The molecule has 4 heterocycles. The van der Waals surface area contributed by atoms with Crippen LogP contribution in [0.4, 0.5) is 34.1 Å². The van der Waals surface area contributed by atoms with Crippen LogP contribution in [0.1, 0.15) is 0 Å². The number of para-hydroxylation sites is 4. The van der Waals surface area contributed by atoms with Crippen LogP contribution < -0.4 is 35.7 Å². The van der Waals surface area contributed by atoms with Gasteiger partial charge in [0.05, 0.1) is 0 Å². The molecule has 0 atom stereocenters. The van der Waals surface area contributed by atoms with Crippen molar-refractivity contribution in [3.05, 3.63) is 224 Å². The van der Waals surface area contributed by atoms with Gasteiger partial charge in [0.15, 0.2) is 0 Å². The first-order valence-corrected chi connectivity index (χ1v) is 23.3. The van der Waals surface area contributed by atoms with Crippen molar-refractivity contribution in [3.63, 3.8) is 0 Å². The molecule has 0 spiro atoms. The average molecular weight is 885 g/mol. The molecule has 6 nitrogen and oxygen atoms in total. The van der Waals surface area contributed by atoms with E-state index in [2.05, 4.69) is 216 Å². The van der Waals surface area contributed by atoms with Crippen LogP contribution >= 0.6 is 0 Å². The first-order valence-electron chi connectivity index (χ1n) is 23.3. The SMILES string of the molecule is c1ccc(N(c2ccccc2)c2ccc3cc4c(cc3c2)oc2cc3c(cc24)Oc2cccc4c2B3c2cc3oc5cc6cc(N(c7ccccc7)c7ccccc7)ccc6cc5c3cc2O4)cc1. The zero-order valence-electron chi connectivity index (χ0n) is 37.0. The highest BCUT2D eigenvalue weighted by Gasteiger charge is 2.41. The number of rotatable bonds is 6. The third-order valence-corrected chi connectivity index (χ3v) is 14.0. The van der Waals surface area contributed by atoms with E-state index in [1.54, 1.807) is 0 Å². The molecule has 13 aromatic rings. The molecule has 0 amide bonds. The highest BCUT2D eigenvalue weighted by atomic mass is 16.5. The third kappa shape index (κ3) is 5.94. The maximum atomic E-state index is 6.81. The lowest BCUT2D eigenvalue weighted by atomic mass is 9.35. The number of nitrogens with zero attached hydrogens (tertiary/aromatic N) is 2. The van der Waals surface area contributed by atoms with Crippen molar-refractivity contribution < 1.29 is 18.3 Å². The zero-order chi connectivity index (χ0) is 45.2. The van der Waals surface area contributed by atoms with Crippen molar-refractivity contribution in [2.45, 2.75) is 0 Å². The summed E-state index contributed by atoms with van der Waals surface area (Å²) in [5.41, 5.74) is 12.8. The minimum atomic E-state index is -0.175. The molecule has 0 fully saturated rings. The van der Waals surface area contributed by atoms with Gasteiger partial charge < -0.3 is 28.1 Å². The molecule has 2 aromatic heterocycles. The van der Waals surface area contributed by atoms with E-state index in [1.165, 1.54) is 0 Å². The Morgan fingerprint density at radius 2 is 0.652 bits per heavy atom. The summed E-state index contributed by atoms with van der Waals surface area (Å²) in [6, 6.07) is 78.8. The van der Waals surface area contributed by atoms with Gasteiger partial charge in [-0.15, -0.1) is 0 Å². The Labute approximate surface area is 396 Å². The van der Waals surface area contributed by atoms with Crippen molar-refractivity contribution in [1.82, 2.24) is 0 Å². The number of furan rings is 2. The lowest BCUT2D eigenvalue weighted by molar-refractivity contribution is 0.465. The number of hydrogen-bond donors (Lipinski definition) is 0. The Kier molecular flexibility index (Phi) is 8.06. The van der Waals surface area contributed by atoms with Crippen molar-refractivity contribution in [2.75, 3.05) is 9.80 Å². The molecule has 0 bridgehead atoms. The fraction of sp³-hybridized carbons (Fsp3) is 0. The summed E-state index contributed by atoms with van der Waals surface area (Å²) in [6.45, 7) is -0.175. The predicted molar refractivity (Wildman–Crippen MR) is 283 cm³/mol. The molecule has 0 unspecified atom stereocenters. The lowest BCUT2D eigenvalue weighted by Crippen LogP contribution is -2.57. The standard InChI is InChI=1S/C62H37BN2O4/c1-5-14-42(15-6-1)64(43-16-7-2-8-17-43)46-26-24-38-30-48-50-34-60-52(36-58(50)68-56(48)32-40(38)28-46)63-53-37-59-51(35-61(53)67-55-23-13-22-54(66-60)62(55)63)49-31-39-25-27-47(29-41(39)33-57(49)69-59)65(44-18-9-3-10-19-44)45-20-11-4-12-21-45/h1-37H. The molecule has 15 rings (SSSR count). The zero-order valence-corrected chi connectivity index (χ0v) is 37.0. The van der Waals surface area contributed by atoms with E-state index in [9.17, 15) is 0 Å². The quantitative estimate of drug-likeness (QED) is 0.155. The van der Waals surface area contributed by atoms with Crippen molar-refractivity contribution in [3.8, 4) is 23.0 Å². The number of anilines is 6. The molecule has 0 radical (unpaired) electrons. The van der Waals surface area contributed by atoms with Crippen LogP contribution in [-0.2, 0) is 0 Å². The smallest absolute Gasteiger partial charge is 0.261 e. The normalized spacial score (nSPS) is 12.6. The van der Waals surface area contributed by atoms with Gasteiger partial charge in [-0.25, -0.2) is 0 Å². The maximum Gasteiger partial charge on any atom is 0.261 e. The second-order valence-electron chi connectivity index (χ2n) is 18.1. The largest absolute Gasteiger partial charge is 0.458 e. The van der Waals surface area contributed by atoms with E-state index < -0.39 is 0 Å². The van der Waals surface area contributed by atoms with Gasteiger partial charge in [0, 0.05) is 61.1 Å². The highest BCUT2D eigenvalue weighted by Crippen LogP contribution is 2.44. The van der Waals surface area contributed by atoms with Crippen LogP contribution in [0, 0.1) is 0 Å². The molecule has 322 valence electrons. The Morgan fingerprint density at radius 1 is 0.275 bits per heavy atom. The minimum Gasteiger partial charge on any atom is -0.458 e. The summed E-state index contributed by atoms with van der Waals surface area (Å²) in [6.07, 6.45) is 0. The molecule has 0 N–H and O–H groups in total. The predicted octanol–water partition coefficient (Wildman–Crippen LogP) is 15.5. The highest BCUT2D eigenvalue weighted by molar-refractivity contribution is 6.98. The molecule has 11 aromatic carbocycles. The Bertz CT molecular complexity index is 3860. The van der Waals surface area contributed by atoms with Crippen LogP contribution in [0.2, 0.25) is 0 Å². The summed E-state index contributed by atoms with van der Waals surface area (Å²) in [7, 11) is 0. The van der Waals surface area contributed by atoms with E-state index in [0.717, 1.165) is 139 Å².